The van der Waals surface area contributed by atoms with Crippen LogP contribution in [0.2, 0.25) is 0 Å². The lowest BCUT2D eigenvalue weighted by atomic mass is 10.2. The predicted molar refractivity (Wildman–Crippen MR) is 92.8 cm³/mol. The molecule has 0 aliphatic heterocycles. The zero-order valence-electron chi connectivity index (χ0n) is 14.1. The van der Waals surface area contributed by atoms with Gasteiger partial charge in [-0.25, -0.2) is 0 Å². The number of carbonyl (C=O) groups excluding carboxylic acids is 1. The van der Waals surface area contributed by atoms with E-state index in [9.17, 15) is 4.79 Å². The first kappa shape index (κ1) is 17.7. The van der Waals surface area contributed by atoms with Crippen molar-refractivity contribution < 1.29 is 19.0 Å². The summed E-state index contributed by atoms with van der Waals surface area (Å²) >= 11 is 0. The molecule has 0 aromatic heterocycles. The molecule has 0 fully saturated rings. The summed E-state index contributed by atoms with van der Waals surface area (Å²) in [4.78, 5) is 11.7. The Kier molecular flexibility index (Phi) is 6.95. The van der Waals surface area contributed by atoms with Crippen molar-refractivity contribution in [1.29, 1.82) is 0 Å². The molecule has 0 radical (unpaired) electrons. The largest absolute Gasteiger partial charge is 0.497 e. The summed E-state index contributed by atoms with van der Waals surface area (Å²) in [5, 5.41) is 2.80. The molecule has 0 spiro atoms. The third kappa shape index (κ3) is 6.20. The molecule has 0 aliphatic carbocycles. The topological polar surface area (TPSA) is 56.8 Å². The highest BCUT2D eigenvalue weighted by molar-refractivity contribution is 5.75. The van der Waals surface area contributed by atoms with E-state index in [-0.39, 0.29) is 5.91 Å². The Labute approximate surface area is 142 Å². The lowest BCUT2D eigenvalue weighted by Gasteiger charge is -2.09. The van der Waals surface area contributed by atoms with Gasteiger partial charge in [0.25, 0.3) is 0 Å². The summed E-state index contributed by atoms with van der Waals surface area (Å²) in [7, 11) is 1.61. The number of nitrogens with one attached hydrogen (secondary N) is 1. The minimum atomic E-state index is -0.0592. The predicted octanol–water partition coefficient (Wildman–Crippen LogP) is 2.97. The molecule has 0 atom stereocenters. The first-order chi connectivity index (χ1) is 11.7. The molecule has 0 unspecified atom stereocenters. The molecular formula is C19H23NO4. The van der Waals surface area contributed by atoms with E-state index < -0.39 is 0 Å². The van der Waals surface area contributed by atoms with Crippen molar-refractivity contribution in [2.45, 2.75) is 13.3 Å². The lowest BCUT2D eigenvalue weighted by molar-refractivity contribution is -0.121. The number of hydrogen-bond donors (Lipinski definition) is 1. The zero-order chi connectivity index (χ0) is 17.2. The summed E-state index contributed by atoms with van der Waals surface area (Å²) < 4.78 is 16.1. The van der Waals surface area contributed by atoms with E-state index in [0.717, 1.165) is 11.5 Å². The summed E-state index contributed by atoms with van der Waals surface area (Å²) in [6.07, 6.45) is 0.302. The van der Waals surface area contributed by atoms with E-state index in [4.69, 9.17) is 14.2 Å². The highest BCUT2D eigenvalue weighted by atomic mass is 16.5. The Balaban J connectivity index is 1.56. The number of amides is 1. The van der Waals surface area contributed by atoms with Gasteiger partial charge in [0.15, 0.2) is 0 Å². The van der Waals surface area contributed by atoms with Crippen molar-refractivity contribution in [2.75, 3.05) is 26.9 Å². The second-order valence-electron chi connectivity index (χ2n) is 5.29. The first-order valence-electron chi connectivity index (χ1n) is 7.90. The maximum Gasteiger partial charge on any atom is 0.223 e. The number of benzene rings is 2. The second kappa shape index (κ2) is 9.45. The van der Waals surface area contributed by atoms with Crippen LogP contribution in [0.1, 0.15) is 12.0 Å². The van der Waals surface area contributed by atoms with Gasteiger partial charge in [0.1, 0.15) is 23.9 Å². The van der Waals surface area contributed by atoms with E-state index in [2.05, 4.69) is 5.32 Å². The fourth-order valence-corrected chi connectivity index (χ4v) is 2.02. The number of aryl methyl sites for hydroxylation is 1. The smallest absolute Gasteiger partial charge is 0.223 e. The highest BCUT2D eigenvalue weighted by Gasteiger charge is 2.02. The molecule has 2 rings (SSSR count). The van der Waals surface area contributed by atoms with Crippen molar-refractivity contribution in [3.63, 3.8) is 0 Å². The fraction of sp³-hybridized carbons (Fsp3) is 0.316. The molecule has 0 saturated carbocycles. The average molecular weight is 329 g/mol. The van der Waals surface area contributed by atoms with Crippen LogP contribution in [0.15, 0.2) is 48.5 Å². The molecule has 0 aliphatic rings. The van der Waals surface area contributed by atoms with Gasteiger partial charge in [0, 0.05) is 0 Å². The van der Waals surface area contributed by atoms with Gasteiger partial charge in [-0.1, -0.05) is 17.7 Å². The van der Waals surface area contributed by atoms with Crippen LogP contribution >= 0.6 is 0 Å². The fourth-order valence-electron chi connectivity index (χ4n) is 2.02. The lowest BCUT2D eigenvalue weighted by Crippen LogP contribution is -2.29. The van der Waals surface area contributed by atoms with Gasteiger partial charge in [0.2, 0.25) is 5.91 Å². The number of hydrogen-bond acceptors (Lipinski definition) is 4. The molecule has 5 nitrogen and oxygen atoms in total. The van der Waals surface area contributed by atoms with Crippen LogP contribution in [0.4, 0.5) is 0 Å². The number of methoxy groups -OCH3 is 1. The first-order valence-corrected chi connectivity index (χ1v) is 7.90. The van der Waals surface area contributed by atoms with E-state index in [0.29, 0.717) is 31.9 Å². The third-order valence-electron chi connectivity index (χ3n) is 3.37. The third-order valence-corrected chi connectivity index (χ3v) is 3.37. The van der Waals surface area contributed by atoms with Crippen LogP contribution in [0.25, 0.3) is 0 Å². The Morgan fingerprint density at radius 1 is 0.875 bits per heavy atom. The minimum absolute atomic E-state index is 0.0592. The molecule has 0 saturated heterocycles. The maximum atomic E-state index is 11.7. The van der Waals surface area contributed by atoms with Crippen molar-refractivity contribution in [3.8, 4) is 17.2 Å². The Morgan fingerprint density at radius 2 is 1.42 bits per heavy atom. The van der Waals surface area contributed by atoms with E-state index >= 15 is 0 Å². The van der Waals surface area contributed by atoms with Crippen molar-refractivity contribution in [2.24, 2.45) is 0 Å². The van der Waals surface area contributed by atoms with Crippen molar-refractivity contribution in [1.82, 2.24) is 5.32 Å². The summed E-state index contributed by atoms with van der Waals surface area (Å²) in [5.74, 6) is 2.23. The molecule has 5 heteroatoms. The van der Waals surface area contributed by atoms with Crippen molar-refractivity contribution >= 4 is 5.91 Å². The maximum absolute atomic E-state index is 11.7. The van der Waals surface area contributed by atoms with Gasteiger partial charge < -0.3 is 19.5 Å². The SMILES string of the molecule is COc1ccc(OCCC(=O)NCCOc2ccc(C)cc2)cc1. The van der Waals surface area contributed by atoms with Crippen LogP contribution in [0, 0.1) is 6.92 Å². The second-order valence-corrected chi connectivity index (χ2v) is 5.29. The van der Waals surface area contributed by atoms with Gasteiger partial charge in [-0.2, -0.15) is 0 Å². The quantitative estimate of drug-likeness (QED) is 0.719. The molecule has 0 bridgehead atoms. The molecule has 1 amide bonds. The number of ether oxygens (including phenoxy) is 3. The van der Waals surface area contributed by atoms with Gasteiger partial charge >= 0.3 is 0 Å². The summed E-state index contributed by atoms with van der Waals surface area (Å²) in [6, 6.07) is 15.1. The molecule has 0 heterocycles. The Hall–Kier alpha value is -2.69. The normalized spacial score (nSPS) is 10.1. The summed E-state index contributed by atoms with van der Waals surface area (Å²) in [6.45, 7) is 3.26. The molecule has 1 N–H and O–H groups in total. The van der Waals surface area contributed by atoms with Crippen LogP contribution in [0.3, 0.4) is 0 Å². The highest BCUT2D eigenvalue weighted by Crippen LogP contribution is 2.17. The van der Waals surface area contributed by atoms with Gasteiger partial charge in [-0.3, -0.25) is 4.79 Å². The van der Waals surface area contributed by atoms with Crippen LogP contribution in [0.5, 0.6) is 17.2 Å². The molecule has 128 valence electrons. The minimum Gasteiger partial charge on any atom is -0.497 e. The average Bonchev–Trinajstić information content (AvgIpc) is 2.61. The van der Waals surface area contributed by atoms with Crippen LogP contribution in [-0.4, -0.2) is 32.8 Å². The summed E-state index contributed by atoms with van der Waals surface area (Å²) in [5.41, 5.74) is 1.19. The molecule has 2 aromatic carbocycles. The van der Waals surface area contributed by atoms with Gasteiger partial charge in [-0.05, 0) is 43.3 Å². The van der Waals surface area contributed by atoms with Crippen LogP contribution < -0.4 is 19.5 Å². The Morgan fingerprint density at radius 3 is 2.04 bits per heavy atom. The van der Waals surface area contributed by atoms with E-state index in [1.807, 2.05) is 55.5 Å². The van der Waals surface area contributed by atoms with Crippen molar-refractivity contribution in [3.05, 3.63) is 54.1 Å². The zero-order valence-corrected chi connectivity index (χ0v) is 14.1. The van der Waals surface area contributed by atoms with Gasteiger partial charge in [0.05, 0.1) is 26.7 Å². The van der Waals surface area contributed by atoms with Crippen LogP contribution in [-0.2, 0) is 4.79 Å². The monoisotopic (exact) mass is 329 g/mol. The van der Waals surface area contributed by atoms with E-state index in [1.165, 1.54) is 5.56 Å². The van der Waals surface area contributed by atoms with E-state index in [1.54, 1.807) is 7.11 Å². The molecule has 24 heavy (non-hydrogen) atoms. The van der Waals surface area contributed by atoms with Gasteiger partial charge in [-0.15, -0.1) is 0 Å². The molecular weight excluding hydrogens is 306 g/mol. The number of carbonyl (C=O) groups is 1. The standard InChI is InChI=1S/C19H23NO4/c1-15-3-5-17(6-4-15)24-14-12-20-19(21)11-13-23-18-9-7-16(22-2)8-10-18/h3-10H,11-14H2,1-2H3,(H,20,21). The Bertz CT molecular complexity index is 623. The molecule has 2 aromatic rings. The number of rotatable bonds is 9.